The van der Waals surface area contributed by atoms with E-state index in [9.17, 15) is 0 Å². The first-order chi connectivity index (χ1) is 4.34. The molecule has 0 aromatic rings. The molecule has 0 aromatic carbocycles. The largest absolute Gasteiger partial charge is 0.103 e. The number of rotatable bonds is 2. The fraction of sp³-hybridized carbons (Fsp3) is 0.333. The van der Waals surface area contributed by atoms with Crippen LogP contribution in [0.15, 0.2) is 36.5 Å². The second-order valence-electron chi connectivity index (χ2n) is 2.36. The molecule has 0 amide bonds. The van der Waals surface area contributed by atoms with E-state index in [4.69, 9.17) is 0 Å². The van der Waals surface area contributed by atoms with Gasteiger partial charge in [-0.1, -0.05) is 24.3 Å². The summed E-state index contributed by atoms with van der Waals surface area (Å²) in [5, 5.41) is 0. The summed E-state index contributed by atoms with van der Waals surface area (Å²) in [5.41, 5.74) is 2.69. The van der Waals surface area contributed by atoms with Gasteiger partial charge in [0.05, 0.1) is 0 Å². The molecule has 0 heteroatoms. The van der Waals surface area contributed by atoms with Gasteiger partial charge < -0.3 is 0 Å². The van der Waals surface area contributed by atoms with E-state index in [1.165, 1.54) is 17.6 Å². The van der Waals surface area contributed by atoms with Crippen LogP contribution in [0.5, 0.6) is 0 Å². The SMILES string of the molecule is C=CCC1=CCCC1=C. The van der Waals surface area contributed by atoms with Gasteiger partial charge in [-0.15, -0.1) is 6.58 Å². The molecule has 0 N–H and O–H groups in total. The molecule has 0 fully saturated rings. The summed E-state index contributed by atoms with van der Waals surface area (Å²) in [7, 11) is 0. The third-order valence-corrected chi connectivity index (χ3v) is 1.66. The first-order valence-electron chi connectivity index (χ1n) is 3.32. The zero-order chi connectivity index (χ0) is 6.69. The van der Waals surface area contributed by atoms with Gasteiger partial charge in [-0.2, -0.15) is 0 Å². The minimum absolute atomic E-state index is 0.999. The van der Waals surface area contributed by atoms with Crippen LogP contribution in [0.1, 0.15) is 19.3 Å². The molecule has 0 saturated heterocycles. The Bertz CT molecular complexity index is 161. The van der Waals surface area contributed by atoms with E-state index in [0.29, 0.717) is 0 Å². The third-order valence-electron chi connectivity index (χ3n) is 1.66. The van der Waals surface area contributed by atoms with Crippen molar-refractivity contribution in [1.29, 1.82) is 0 Å². The smallest absolute Gasteiger partial charge is 0.0101 e. The summed E-state index contributed by atoms with van der Waals surface area (Å²) in [4.78, 5) is 0. The van der Waals surface area contributed by atoms with Gasteiger partial charge in [-0.25, -0.2) is 0 Å². The first kappa shape index (κ1) is 6.34. The quantitative estimate of drug-likeness (QED) is 0.491. The number of hydrogen-bond acceptors (Lipinski definition) is 0. The van der Waals surface area contributed by atoms with Crippen LogP contribution < -0.4 is 0 Å². The molecule has 0 atom stereocenters. The van der Waals surface area contributed by atoms with Crippen LogP contribution in [-0.4, -0.2) is 0 Å². The average molecular weight is 120 g/mol. The Labute approximate surface area is 56.6 Å². The molecule has 0 unspecified atom stereocenters. The maximum absolute atomic E-state index is 3.94. The number of hydrogen-bond donors (Lipinski definition) is 0. The highest BCUT2D eigenvalue weighted by atomic mass is 14.1. The molecule has 48 valence electrons. The van der Waals surface area contributed by atoms with Crippen molar-refractivity contribution < 1.29 is 0 Å². The van der Waals surface area contributed by atoms with Gasteiger partial charge in [0.15, 0.2) is 0 Å². The average Bonchev–Trinajstić information content (AvgIpc) is 2.18. The predicted octanol–water partition coefficient (Wildman–Crippen LogP) is 2.84. The summed E-state index contributed by atoms with van der Waals surface area (Å²) in [6.45, 7) is 7.61. The lowest BCUT2D eigenvalue weighted by Gasteiger charge is -1.96. The van der Waals surface area contributed by atoms with Crippen LogP contribution >= 0.6 is 0 Å². The normalized spacial score (nSPS) is 17.8. The lowest BCUT2D eigenvalue weighted by atomic mass is 10.1. The zero-order valence-corrected chi connectivity index (χ0v) is 5.69. The maximum Gasteiger partial charge on any atom is -0.0101 e. The van der Waals surface area contributed by atoms with Gasteiger partial charge in [0, 0.05) is 0 Å². The van der Waals surface area contributed by atoms with Crippen molar-refractivity contribution in [1.82, 2.24) is 0 Å². The molecular weight excluding hydrogens is 108 g/mol. The topological polar surface area (TPSA) is 0 Å². The highest BCUT2D eigenvalue weighted by Crippen LogP contribution is 2.25. The molecule has 9 heavy (non-hydrogen) atoms. The van der Waals surface area contributed by atoms with Crippen molar-refractivity contribution in [2.75, 3.05) is 0 Å². The Balaban J connectivity index is 2.57. The maximum atomic E-state index is 3.94. The van der Waals surface area contributed by atoms with E-state index < -0.39 is 0 Å². The third kappa shape index (κ3) is 1.32. The van der Waals surface area contributed by atoms with Gasteiger partial charge in [-0.3, -0.25) is 0 Å². The van der Waals surface area contributed by atoms with E-state index in [1.54, 1.807) is 0 Å². The fourth-order valence-electron chi connectivity index (χ4n) is 1.11. The van der Waals surface area contributed by atoms with Gasteiger partial charge in [0.2, 0.25) is 0 Å². The van der Waals surface area contributed by atoms with Crippen LogP contribution in [0, 0.1) is 0 Å². The molecule has 1 rings (SSSR count). The molecule has 0 saturated carbocycles. The molecule has 0 nitrogen and oxygen atoms in total. The van der Waals surface area contributed by atoms with E-state index in [1.807, 2.05) is 6.08 Å². The highest BCUT2D eigenvalue weighted by molar-refractivity contribution is 5.34. The summed E-state index contributed by atoms with van der Waals surface area (Å²) in [5.74, 6) is 0. The molecule has 0 radical (unpaired) electrons. The van der Waals surface area contributed by atoms with E-state index in [2.05, 4.69) is 19.2 Å². The Morgan fingerprint density at radius 3 is 2.89 bits per heavy atom. The van der Waals surface area contributed by atoms with Gasteiger partial charge in [-0.05, 0) is 24.8 Å². The fourth-order valence-corrected chi connectivity index (χ4v) is 1.11. The second kappa shape index (κ2) is 2.67. The summed E-state index contributed by atoms with van der Waals surface area (Å²) in [6.07, 6.45) is 7.52. The molecular formula is C9H12. The van der Waals surface area contributed by atoms with Gasteiger partial charge in [0.25, 0.3) is 0 Å². The van der Waals surface area contributed by atoms with Gasteiger partial charge >= 0.3 is 0 Å². The van der Waals surface area contributed by atoms with Crippen LogP contribution in [0.3, 0.4) is 0 Å². The Hall–Kier alpha value is -0.780. The Morgan fingerprint density at radius 2 is 2.44 bits per heavy atom. The van der Waals surface area contributed by atoms with Crippen molar-refractivity contribution >= 4 is 0 Å². The molecule has 1 aliphatic rings. The predicted molar refractivity (Wildman–Crippen MR) is 41.3 cm³/mol. The van der Waals surface area contributed by atoms with E-state index >= 15 is 0 Å². The van der Waals surface area contributed by atoms with Crippen LogP contribution in [0.2, 0.25) is 0 Å². The zero-order valence-electron chi connectivity index (χ0n) is 5.69. The van der Waals surface area contributed by atoms with Crippen molar-refractivity contribution in [2.24, 2.45) is 0 Å². The molecule has 1 aliphatic carbocycles. The van der Waals surface area contributed by atoms with Crippen molar-refractivity contribution in [3.8, 4) is 0 Å². The number of allylic oxidation sites excluding steroid dienone is 4. The lowest BCUT2D eigenvalue weighted by Crippen LogP contribution is -1.76. The monoisotopic (exact) mass is 120 g/mol. The molecule has 0 spiro atoms. The van der Waals surface area contributed by atoms with Crippen LogP contribution in [0.4, 0.5) is 0 Å². The summed E-state index contributed by atoms with van der Waals surface area (Å²) in [6, 6.07) is 0. The second-order valence-corrected chi connectivity index (χ2v) is 2.36. The van der Waals surface area contributed by atoms with Crippen LogP contribution in [-0.2, 0) is 0 Å². The van der Waals surface area contributed by atoms with Crippen LogP contribution in [0.25, 0.3) is 0 Å². The molecule has 0 heterocycles. The van der Waals surface area contributed by atoms with E-state index in [-0.39, 0.29) is 0 Å². The Morgan fingerprint density at radius 1 is 1.67 bits per heavy atom. The van der Waals surface area contributed by atoms with E-state index in [0.717, 1.165) is 12.8 Å². The molecule has 0 bridgehead atoms. The highest BCUT2D eigenvalue weighted by Gasteiger charge is 2.05. The summed E-state index contributed by atoms with van der Waals surface area (Å²) >= 11 is 0. The first-order valence-corrected chi connectivity index (χ1v) is 3.32. The van der Waals surface area contributed by atoms with Gasteiger partial charge in [0.1, 0.15) is 0 Å². The van der Waals surface area contributed by atoms with Crippen molar-refractivity contribution in [3.05, 3.63) is 36.5 Å². The molecule has 0 aromatic heterocycles. The summed E-state index contributed by atoms with van der Waals surface area (Å²) < 4.78 is 0. The standard InChI is InChI=1S/C9H12/c1-3-5-9-7-4-6-8(9)2/h3,7H,1-2,4-6H2. The van der Waals surface area contributed by atoms with Crippen molar-refractivity contribution in [3.63, 3.8) is 0 Å². The van der Waals surface area contributed by atoms with Crippen molar-refractivity contribution in [2.45, 2.75) is 19.3 Å². The lowest BCUT2D eigenvalue weighted by molar-refractivity contribution is 1.06. The minimum Gasteiger partial charge on any atom is -0.103 e. The molecule has 0 aliphatic heterocycles. The Kier molecular flexibility index (Phi) is 1.88. The minimum atomic E-state index is 0.999.